The van der Waals surface area contributed by atoms with Crippen LogP contribution in [-0.2, 0) is 6.54 Å². The van der Waals surface area contributed by atoms with E-state index in [1.54, 1.807) is 24.5 Å². The predicted molar refractivity (Wildman–Crippen MR) is 94.4 cm³/mol. The smallest absolute Gasteiger partial charge is 0.141 e. The lowest BCUT2D eigenvalue weighted by Gasteiger charge is -2.12. The number of aromatic nitrogens is 3. The van der Waals surface area contributed by atoms with Crippen LogP contribution in [-0.4, -0.2) is 24.9 Å². The minimum absolute atomic E-state index is 0.275. The number of thioether (sulfide) groups is 1. The van der Waals surface area contributed by atoms with Crippen molar-refractivity contribution in [1.82, 2.24) is 14.5 Å². The average molecular weight is 323 g/mol. The van der Waals surface area contributed by atoms with E-state index in [1.807, 2.05) is 30.0 Å². The van der Waals surface area contributed by atoms with Crippen LogP contribution in [0.25, 0.3) is 22.4 Å². The van der Waals surface area contributed by atoms with Gasteiger partial charge in [-0.1, -0.05) is 6.08 Å². The summed E-state index contributed by atoms with van der Waals surface area (Å²) in [5.41, 5.74) is 2.94. The second kappa shape index (κ2) is 6.08. The number of allylic oxidation sites excluding steroid dienone is 1. The van der Waals surface area contributed by atoms with Crippen LogP contribution in [0.5, 0.6) is 5.75 Å². The van der Waals surface area contributed by atoms with E-state index in [4.69, 9.17) is 4.98 Å². The molecule has 4 rings (SSSR count). The van der Waals surface area contributed by atoms with E-state index in [-0.39, 0.29) is 5.75 Å². The molecule has 0 spiro atoms. The second-order valence-corrected chi connectivity index (χ2v) is 6.86. The van der Waals surface area contributed by atoms with Gasteiger partial charge in [0.25, 0.3) is 0 Å². The number of phenolic OH excluding ortho intramolecular Hbond substituents is 1. The third-order valence-corrected chi connectivity index (χ3v) is 5.27. The summed E-state index contributed by atoms with van der Waals surface area (Å²) in [7, 11) is 0. The van der Waals surface area contributed by atoms with Crippen LogP contribution in [0.4, 0.5) is 0 Å². The van der Waals surface area contributed by atoms with Crippen LogP contribution in [0.3, 0.4) is 0 Å². The Kier molecular flexibility index (Phi) is 3.79. The van der Waals surface area contributed by atoms with Gasteiger partial charge in [-0.2, -0.15) is 0 Å². The Morgan fingerprint density at radius 1 is 1.22 bits per heavy atom. The average Bonchev–Trinajstić information content (AvgIpc) is 3.21. The quantitative estimate of drug-likeness (QED) is 0.781. The van der Waals surface area contributed by atoms with Crippen LogP contribution >= 0.6 is 11.8 Å². The molecule has 1 atom stereocenters. The lowest BCUT2D eigenvalue weighted by molar-refractivity contribution is 0.475. The first-order valence-electron chi connectivity index (χ1n) is 7.71. The van der Waals surface area contributed by atoms with E-state index in [1.165, 1.54) is 0 Å². The fourth-order valence-corrected chi connectivity index (χ4v) is 3.86. The highest BCUT2D eigenvalue weighted by atomic mass is 32.2. The molecule has 1 N–H and O–H groups in total. The van der Waals surface area contributed by atoms with Crippen LogP contribution in [0, 0.1) is 0 Å². The zero-order chi connectivity index (χ0) is 15.6. The molecule has 0 radical (unpaired) electrons. The van der Waals surface area contributed by atoms with E-state index < -0.39 is 0 Å². The maximum absolute atomic E-state index is 9.85. The number of fused-ring (bicyclic) bond motifs is 1. The predicted octanol–water partition coefficient (Wildman–Crippen LogP) is 4.21. The lowest BCUT2D eigenvalue weighted by atomic mass is 10.2. The van der Waals surface area contributed by atoms with Crippen molar-refractivity contribution >= 4 is 22.8 Å². The standard InChI is InChI=1S/C18H17N3OS/c22-14-3-4-16-17(12-14)21(10-7-15-2-1-11-23-15)18(20-16)13-5-8-19-9-6-13/h1,3-6,8-9,11-12,15,22H,2,7,10H2. The van der Waals surface area contributed by atoms with Crippen molar-refractivity contribution in [3.05, 3.63) is 54.2 Å². The summed E-state index contributed by atoms with van der Waals surface area (Å²) >= 11 is 1.90. The van der Waals surface area contributed by atoms with Gasteiger partial charge in [-0.3, -0.25) is 4.98 Å². The summed E-state index contributed by atoms with van der Waals surface area (Å²) < 4.78 is 2.21. The van der Waals surface area contributed by atoms with Crippen molar-refractivity contribution in [2.75, 3.05) is 0 Å². The Hall–Kier alpha value is -2.27. The van der Waals surface area contributed by atoms with Crippen molar-refractivity contribution in [3.8, 4) is 17.1 Å². The molecule has 2 aromatic heterocycles. The maximum Gasteiger partial charge on any atom is 0.141 e. The fraction of sp³-hybridized carbons (Fsp3) is 0.222. The molecule has 0 bridgehead atoms. The Bertz CT molecular complexity index is 849. The Morgan fingerprint density at radius 3 is 2.87 bits per heavy atom. The maximum atomic E-state index is 9.85. The molecule has 1 aliphatic heterocycles. The van der Waals surface area contributed by atoms with Crippen LogP contribution in [0.2, 0.25) is 0 Å². The SMILES string of the molecule is Oc1ccc2nc(-c3ccncc3)n(CCC3CC=CS3)c2c1. The highest BCUT2D eigenvalue weighted by Crippen LogP contribution is 2.31. The molecule has 4 nitrogen and oxygen atoms in total. The molecule has 1 unspecified atom stereocenters. The number of phenols is 1. The summed E-state index contributed by atoms with van der Waals surface area (Å²) in [6.45, 7) is 0.886. The molecule has 0 saturated heterocycles. The Balaban J connectivity index is 1.76. The fourth-order valence-electron chi connectivity index (χ4n) is 2.95. The van der Waals surface area contributed by atoms with Crippen molar-refractivity contribution in [2.24, 2.45) is 0 Å². The minimum Gasteiger partial charge on any atom is -0.508 e. The molecular formula is C18H17N3OS. The number of rotatable bonds is 4. The lowest BCUT2D eigenvalue weighted by Crippen LogP contribution is -2.07. The number of pyridine rings is 1. The molecule has 5 heteroatoms. The third-order valence-electron chi connectivity index (χ3n) is 4.11. The molecule has 0 fully saturated rings. The third kappa shape index (κ3) is 2.84. The summed E-state index contributed by atoms with van der Waals surface area (Å²) in [5, 5.41) is 12.7. The zero-order valence-electron chi connectivity index (χ0n) is 12.6. The molecule has 3 heterocycles. The first kappa shape index (κ1) is 14.3. The van der Waals surface area contributed by atoms with Gasteiger partial charge in [0.05, 0.1) is 11.0 Å². The van der Waals surface area contributed by atoms with E-state index in [9.17, 15) is 5.11 Å². The molecule has 116 valence electrons. The van der Waals surface area contributed by atoms with Crippen LogP contribution < -0.4 is 0 Å². The van der Waals surface area contributed by atoms with Gasteiger partial charge >= 0.3 is 0 Å². The monoisotopic (exact) mass is 323 g/mol. The van der Waals surface area contributed by atoms with Gasteiger partial charge in [-0.05, 0) is 42.5 Å². The van der Waals surface area contributed by atoms with Gasteiger partial charge in [0.15, 0.2) is 0 Å². The van der Waals surface area contributed by atoms with Gasteiger partial charge in [0.2, 0.25) is 0 Å². The molecular weight excluding hydrogens is 306 g/mol. The number of aryl methyl sites for hydroxylation is 1. The van der Waals surface area contributed by atoms with Crippen molar-refractivity contribution < 1.29 is 5.11 Å². The molecule has 1 aliphatic rings. The number of imidazole rings is 1. The minimum atomic E-state index is 0.275. The molecule has 0 amide bonds. The topological polar surface area (TPSA) is 50.9 Å². The summed E-state index contributed by atoms with van der Waals surface area (Å²) in [6, 6.07) is 9.31. The van der Waals surface area contributed by atoms with Gasteiger partial charge < -0.3 is 9.67 Å². The zero-order valence-corrected chi connectivity index (χ0v) is 13.4. The molecule has 0 saturated carbocycles. The number of aromatic hydroxyl groups is 1. The molecule has 0 aliphatic carbocycles. The molecule has 23 heavy (non-hydrogen) atoms. The molecule has 1 aromatic carbocycles. The molecule has 3 aromatic rings. The van der Waals surface area contributed by atoms with Gasteiger partial charge in [0.1, 0.15) is 11.6 Å². The van der Waals surface area contributed by atoms with Gasteiger partial charge in [-0.25, -0.2) is 4.98 Å². The van der Waals surface area contributed by atoms with E-state index in [0.29, 0.717) is 5.25 Å². The number of hydrogen-bond donors (Lipinski definition) is 1. The highest BCUT2D eigenvalue weighted by Gasteiger charge is 2.16. The van der Waals surface area contributed by atoms with Crippen molar-refractivity contribution in [1.29, 1.82) is 0 Å². The Morgan fingerprint density at radius 2 is 2.09 bits per heavy atom. The summed E-state index contributed by atoms with van der Waals surface area (Å²) in [4.78, 5) is 8.86. The van der Waals surface area contributed by atoms with Crippen molar-refractivity contribution in [3.63, 3.8) is 0 Å². The first-order chi connectivity index (χ1) is 11.3. The Labute approximate surface area is 138 Å². The first-order valence-corrected chi connectivity index (χ1v) is 8.66. The van der Waals surface area contributed by atoms with Crippen LogP contribution in [0.15, 0.2) is 54.2 Å². The van der Waals surface area contributed by atoms with Gasteiger partial charge in [-0.15, -0.1) is 11.8 Å². The normalized spacial score (nSPS) is 17.1. The number of benzene rings is 1. The van der Waals surface area contributed by atoms with E-state index in [0.717, 1.165) is 41.8 Å². The number of nitrogens with zero attached hydrogens (tertiary/aromatic N) is 3. The van der Waals surface area contributed by atoms with E-state index in [2.05, 4.69) is 21.0 Å². The summed E-state index contributed by atoms with van der Waals surface area (Å²) in [5.74, 6) is 1.21. The summed E-state index contributed by atoms with van der Waals surface area (Å²) in [6.07, 6.45) is 8.02. The highest BCUT2D eigenvalue weighted by molar-refractivity contribution is 8.03. The van der Waals surface area contributed by atoms with Gasteiger partial charge in [0, 0.05) is 35.8 Å². The van der Waals surface area contributed by atoms with Crippen molar-refractivity contribution in [2.45, 2.75) is 24.6 Å². The van der Waals surface area contributed by atoms with Crippen LogP contribution in [0.1, 0.15) is 12.8 Å². The second-order valence-electron chi connectivity index (χ2n) is 5.65. The number of hydrogen-bond acceptors (Lipinski definition) is 4. The van der Waals surface area contributed by atoms with E-state index >= 15 is 0 Å². The largest absolute Gasteiger partial charge is 0.508 e.